The van der Waals surface area contributed by atoms with Gasteiger partial charge in [-0.1, -0.05) is 26.8 Å². The molecule has 2 amide bonds. The lowest BCUT2D eigenvalue weighted by Crippen LogP contribution is -2.52. The van der Waals surface area contributed by atoms with Crippen LogP contribution in [0.1, 0.15) is 20.8 Å². The maximum absolute atomic E-state index is 13.1. The van der Waals surface area contributed by atoms with Gasteiger partial charge in [0.2, 0.25) is 11.8 Å². The normalized spacial score (nSPS) is 16.3. The molecule has 126 valence electrons. The highest BCUT2D eigenvalue weighted by Crippen LogP contribution is 2.18. The van der Waals surface area contributed by atoms with Gasteiger partial charge in [-0.2, -0.15) is 0 Å². The van der Waals surface area contributed by atoms with Crippen LogP contribution in [0.2, 0.25) is 0 Å². The van der Waals surface area contributed by atoms with Crippen molar-refractivity contribution >= 4 is 17.5 Å². The van der Waals surface area contributed by atoms with E-state index in [0.29, 0.717) is 31.9 Å². The van der Waals surface area contributed by atoms with E-state index in [1.165, 1.54) is 12.1 Å². The molecule has 0 bridgehead atoms. The maximum atomic E-state index is 13.1. The van der Waals surface area contributed by atoms with E-state index in [9.17, 15) is 14.0 Å². The van der Waals surface area contributed by atoms with E-state index >= 15 is 0 Å². The van der Waals surface area contributed by atoms with Crippen molar-refractivity contribution in [2.24, 2.45) is 5.41 Å². The van der Waals surface area contributed by atoms with Gasteiger partial charge in [0, 0.05) is 37.3 Å². The quantitative estimate of drug-likeness (QED) is 0.926. The zero-order valence-electron chi connectivity index (χ0n) is 13.9. The molecule has 0 radical (unpaired) electrons. The Morgan fingerprint density at radius 1 is 1.17 bits per heavy atom. The summed E-state index contributed by atoms with van der Waals surface area (Å²) < 4.78 is 13.1. The number of hydrogen-bond acceptors (Lipinski definition) is 3. The van der Waals surface area contributed by atoms with Crippen LogP contribution in [-0.4, -0.2) is 54.3 Å². The first-order valence-corrected chi connectivity index (χ1v) is 7.83. The van der Waals surface area contributed by atoms with Gasteiger partial charge in [-0.15, -0.1) is 0 Å². The van der Waals surface area contributed by atoms with Crippen LogP contribution in [0.25, 0.3) is 0 Å². The Morgan fingerprint density at radius 3 is 2.39 bits per heavy atom. The van der Waals surface area contributed by atoms with E-state index in [1.807, 2.05) is 30.6 Å². The average Bonchev–Trinajstić information content (AvgIpc) is 2.46. The van der Waals surface area contributed by atoms with Gasteiger partial charge in [-0.25, -0.2) is 4.39 Å². The van der Waals surface area contributed by atoms with Crippen LogP contribution < -0.4 is 5.32 Å². The first-order valence-electron chi connectivity index (χ1n) is 7.83. The van der Waals surface area contributed by atoms with Gasteiger partial charge in [-0.05, 0) is 18.2 Å². The molecule has 0 atom stereocenters. The van der Waals surface area contributed by atoms with Gasteiger partial charge in [-0.3, -0.25) is 14.5 Å². The molecule has 1 aliphatic rings. The highest BCUT2D eigenvalue weighted by Gasteiger charge is 2.29. The number of halogens is 1. The molecule has 1 N–H and O–H groups in total. The number of hydrogen-bond donors (Lipinski definition) is 1. The van der Waals surface area contributed by atoms with Crippen molar-refractivity contribution in [2.45, 2.75) is 20.8 Å². The van der Waals surface area contributed by atoms with Crippen LogP contribution in [0.4, 0.5) is 10.1 Å². The number of piperazine rings is 1. The van der Waals surface area contributed by atoms with Crippen molar-refractivity contribution in [3.63, 3.8) is 0 Å². The summed E-state index contributed by atoms with van der Waals surface area (Å²) in [5.41, 5.74) is 0.0771. The van der Waals surface area contributed by atoms with E-state index < -0.39 is 0 Å². The number of amides is 2. The molecule has 1 aromatic rings. The monoisotopic (exact) mass is 321 g/mol. The van der Waals surface area contributed by atoms with Crippen LogP contribution in [0, 0.1) is 11.2 Å². The van der Waals surface area contributed by atoms with E-state index in [2.05, 4.69) is 5.32 Å². The summed E-state index contributed by atoms with van der Waals surface area (Å²) in [6.07, 6.45) is 0. The van der Waals surface area contributed by atoms with Crippen LogP contribution in [0.5, 0.6) is 0 Å². The summed E-state index contributed by atoms with van der Waals surface area (Å²) in [6, 6.07) is 5.84. The van der Waals surface area contributed by atoms with Crippen LogP contribution in [0.3, 0.4) is 0 Å². The molecule has 1 aliphatic heterocycles. The predicted octanol–water partition coefficient (Wildman–Crippen LogP) is 1.95. The first kappa shape index (κ1) is 17.4. The molecule has 0 unspecified atom stereocenters. The van der Waals surface area contributed by atoms with Gasteiger partial charge in [0.1, 0.15) is 5.82 Å². The highest BCUT2D eigenvalue weighted by molar-refractivity contribution is 5.92. The van der Waals surface area contributed by atoms with E-state index in [0.717, 1.165) is 0 Å². The molecule has 0 spiro atoms. The zero-order valence-corrected chi connectivity index (χ0v) is 13.9. The average molecular weight is 321 g/mol. The lowest BCUT2D eigenvalue weighted by atomic mass is 9.94. The molecular weight excluding hydrogens is 297 g/mol. The Balaban J connectivity index is 1.80. The zero-order chi connectivity index (χ0) is 17.0. The lowest BCUT2D eigenvalue weighted by Gasteiger charge is -2.37. The Kier molecular flexibility index (Phi) is 5.36. The summed E-state index contributed by atoms with van der Waals surface area (Å²) >= 11 is 0. The molecule has 6 heteroatoms. The summed E-state index contributed by atoms with van der Waals surface area (Å²) in [5.74, 6) is -0.412. The van der Waals surface area contributed by atoms with E-state index in [4.69, 9.17) is 0 Å². The minimum atomic E-state index is -0.378. The summed E-state index contributed by atoms with van der Waals surface area (Å²) in [7, 11) is 0. The highest BCUT2D eigenvalue weighted by atomic mass is 19.1. The molecule has 5 nitrogen and oxygen atoms in total. The molecule has 0 aromatic heterocycles. The van der Waals surface area contributed by atoms with Crippen molar-refractivity contribution in [1.29, 1.82) is 0 Å². The smallest absolute Gasteiger partial charge is 0.238 e. The third-order valence-electron chi connectivity index (χ3n) is 3.78. The van der Waals surface area contributed by atoms with Crippen LogP contribution >= 0.6 is 0 Å². The van der Waals surface area contributed by atoms with Crippen molar-refractivity contribution in [3.05, 3.63) is 30.1 Å². The fraction of sp³-hybridized carbons (Fsp3) is 0.529. The van der Waals surface area contributed by atoms with Gasteiger partial charge >= 0.3 is 0 Å². The number of nitrogens with one attached hydrogen (secondary N) is 1. The maximum Gasteiger partial charge on any atom is 0.238 e. The van der Waals surface area contributed by atoms with Gasteiger partial charge in [0.15, 0.2) is 0 Å². The summed E-state index contributed by atoms with van der Waals surface area (Å²) in [5, 5.41) is 2.69. The SMILES string of the molecule is CC(C)(C)C(=O)N1CCN(CC(=O)Nc2cccc(F)c2)CC1. The van der Waals surface area contributed by atoms with Crippen molar-refractivity contribution < 1.29 is 14.0 Å². The van der Waals surface area contributed by atoms with Crippen molar-refractivity contribution in [1.82, 2.24) is 9.80 Å². The van der Waals surface area contributed by atoms with Crippen LogP contribution in [0.15, 0.2) is 24.3 Å². The molecule has 1 heterocycles. The van der Waals surface area contributed by atoms with Gasteiger partial charge in [0.25, 0.3) is 0 Å². The minimum Gasteiger partial charge on any atom is -0.340 e. The number of carbonyl (C=O) groups excluding carboxylic acids is 2. The van der Waals surface area contributed by atoms with Gasteiger partial charge < -0.3 is 10.2 Å². The van der Waals surface area contributed by atoms with Gasteiger partial charge in [0.05, 0.1) is 6.54 Å². The summed E-state index contributed by atoms with van der Waals surface area (Å²) in [4.78, 5) is 28.1. The number of anilines is 1. The summed E-state index contributed by atoms with van der Waals surface area (Å²) in [6.45, 7) is 8.56. The second kappa shape index (κ2) is 7.08. The number of carbonyl (C=O) groups is 2. The standard InChI is InChI=1S/C17H24FN3O2/c1-17(2,3)16(23)21-9-7-20(8-10-21)12-15(22)19-14-6-4-5-13(18)11-14/h4-6,11H,7-10,12H2,1-3H3,(H,19,22). The third-order valence-corrected chi connectivity index (χ3v) is 3.78. The Morgan fingerprint density at radius 2 is 1.83 bits per heavy atom. The Labute approximate surface area is 136 Å². The predicted molar refractivity (Wildman–Crippen MR) is 87.5 cm³/mol. The molecule has 1 saturated heterocycles. The number of rotatable bonds is 3. The second-order valence-electron chi connectivity index (χ2n) is 6.88. The fourth-order valence-corrected chi connectivity index (χ4v) is 2.55. The molecule has 0 aliphatic carbocycles. The van der Waals surface area contributed by atoms with E-state index in [1.54, 1.807) is 12.1 Å². The molecule has 23 heavy (non-hydrogen) atoms. The molecule has 1 fully saturated rings. The fourth-order valence-electron chi connectivity index (χ4n) is 2.55. The molecular formula is C17H24FN3O2. The third kappa shape index (κ3) is 5.03. The number of benzene rings is 1. The largest absolute Gasteiger partial charge is 0.340 e. The molecule has 1 aromatic carbocycles. The van der Waals surface area contributed by atoms with Crippen molar-refractivity contribution in [2.75, 3.05) is 38.0 Å². The molecule has 2 rings (SSSR count). The first-order chi connectivity index (χ1) is 10.8. The van der Waals surface area contributed by atoms with E-state index in [-0.39, 0.29) is 29.6 Å². The van der Waals surface area contributed by atoms with Crippen LogP contribution in [-0.2, 0) is 9.59 Å². The molecule has 0 saturated carbocycles. The minimum absolute atomic E-state index is 0.140. The number of nitrogens with zero attached hydrogens (tertiary/aromatic N) is 2. The Bertz CT molecular complexity index is 575. The topological polar surface area (TPSA) is 52.7 Å². The lowest BCUT2D eigenvalue weighted by molar-refractivity contribution is -0.141. The Hall–Kier alpha value is -1.95. The second-order valence-corrected chi connectivity index (χ2v) is 6.88. The van der Waals surface area contributed by atoms with Crippen molar-refractivity contribution in [3.8, 4) is 0 Å².